The quantitative estimate of drug-likeness (QED) is 0.644. The van der Waals surface area contributed by atoms with E-state index < -0.39 is 5.91 Å². The lowest BCUT2D eigenvalue weighted by atomic mass is 10.2. The molecule has 0 atom stereocenters. The molecule has 0 saturated carbocycles. The number of anilines is 1. The van der Waals surface area contributed by atoms with E-state index in [1.54, 1.807) is 35.7 Å². The third-order valence-electron chi connectivity index (χ3n) is 3.35. The Balaban J connectivity index is 1.71. The van der Waals surface area contributed by atoms with E-state index in [2.05, 4.69) is 15.6 Å². The van der Waals surface area contributed by atoms with E-state index in [4.69, 9.17) is 27.6 Å². The number of carbonyl (C=O) groups is 2. The molecular formula is C17H13Cl2N3O3S. The van der Waals surface area contributed by atoms with Crippen molar-refractivity contribution in [2.24, 2.45) is 0 Å². The molecule has 6 nitrogen and oxygen atoms in total. The molecule has 2 heterocycles. The Morgan fingerprint density at radius 3 is 2.81 bits per heavy atom. The largest absolute Gasteiger partial charge is 0.458 e. The minimum absolute atomic E-state index is 0.138. The molecule has 0 bridgehead atoms. The summed E-state index contributed by atoms with van der Waals surface area (Å²) in [7, 11) is 0. The summed E-state index contributed by atoms with van der Waals surface area (Å²) in [6.45, 7) is 1.74. The molecule has 0 fully saturated rings. The van der Waals surface area contributed by atoms with E-state index in [1.807, 2.05) is 0 Å². The van der Waals surface area contributed by atoms with Crippen LogP contribution >= 0.6 is 34.5 Å². The van der Waals surface area contributed by atoms with Crippen LogP contribution < -0.4 is 10.6 Å². The summed E-state index contributed by atoms with van der Waals surface area (Å²) < 4.78 is 5.64. The van der Waals surface area contributed by atoms with E-state index in [9.17, 15) is 9.59 Å². The molecule has 1 aromatic carbocycles. The first kappa shape index (κ1) is 18.4. The van der Waals surface area contributed by atoms with Gasteiger partial charge >= 0.3 is 0 Å². The van der Waals surface area contributed by atoms with Crippen molar-refractivity contribution in [2.75, 3.05) is 5.32 Å². The van der Waals surface area contributed by atoms with E-state index in [0.29, 0.717) is 33.9 Å². The summed E-state index contributed by atoms with van der Waals surface area (Å²) in [4.78, 5) is 27.6. The van der Waals surface area contributed by atoms with Crippen LogP contribution in [-0.4, -0.2) is 16.8 Å². The van der Waals surface area contributed by atoms with Gasteiger partial charge in [0.05, 0.1) is 22.2 Å². The molecule has 26 heavy (non-hydrogen) atoms. The number of benzene rings is 1. The van der Waals surface area contributed by atoms with E-state index in [0.717, 1.165) is 0 Å². The molecule has 0 aliphatic rings. The van der Waals surface area contributed by atoms with Crippen LogP contribution in [-0.2, 0) is 11.3 Å². The Hall–Kier alpha value is -2.35. The number of halogens is 2. The predicted octanol–water partition coefficient (Wildman–Crippen LogP) is 4.60. The second kappa shape index (κ2) is 7.90. The average Bonchev–Trinajstić information content (AvgIpc) is 3.24. The van der Waals surface area contributed by atoms with Gasteiger partial charge in [0, 0.05) is 12.3 Å². The zero-order chi connectivity index (χ0) is 18.7. The first-order chi connectivity index (χ1) is 12.4. The monoisotopic (exact) mass is 409 g/mol. The summed E-state index contributed by atoms with van der Waals surface area (Å²) >= 11 is 13.2. The SMILES string of the molecule is CC(=O)NCc1ccc(-c2csc(NC(=O)c3cccc(Cl)c3Cl)n2)o1. The number of hydrogen-bond acceptors (Lipinski definition) is 5. The number of nitrogens with one attached hydrogen (secondary N) is 2. The fraction of sp³-hybridized carbons (Fsp3) is 0.118. The van der Waals surface area contributed by atoms with Crippen LogP contribution in [0.1, 0.15) is 23.0 Å². The molecule has 3 aromatic rings. The van der Waals surface area contributed by atoms with E-state index in [-0.39, 0.29) is 16.5 Å². The standard InChI is InChI=1S/C17H13Cl2N3O3S/c1-9(23)20-7-10-5-6-14(25-10)13-8-26-17(21-13)22-16(24)11-3-2-4-12(18)15(11)19/h2-6,8H,7H2,1H3,(H,20,23)(H,21,22,24). The summed E-state index contributed by atoms with van der Waals surface area (Å²) in [6, 6.07) is 8.35. The molecule has 0 unspecified atom stereocenters. The van der Waals surface area contributed by atoms with E-state index >= 15 is 0 Å². The van der Waals surface area contributed by atoms with Crippen molar-refractivity contribution >= 4 is 51.5 Å². The van der Waals surface area contributed by atoms with Crippen molar-refractivity contribution < 1.29 is 14.0 Å². The first-order valence-electron chi connectivity index (χ1n) is 7.48. The van der Waals surface area contributed by atoms with Crippen molar-refractivity contribution in [1.29, 1.82) is 0 Å². The van der Waals surface area contributed by atoms with Gasteiger partial charge in [0.15, 0.2) is 10.9 Å². The Bertz CT molecular complexity index is 968. The lowest BCUT2D eigenvalue weighted by Crippen LogP contribution is -2.18. The van der Waals surface area contributed by atoms with Gasteiger partial charge in [-0.25, -0.2) is 4.98 Å². The number of thiazole rings is 1. The number of carbonyl (C=O) groups excluding carboxylic acids is 2. The molecule has 0 aliphatic heterocycles. The second-order valence-electron chi connectivity index (χ2n) is 5.27. The number of amides is 2. The van der Waals surface area contributed by atoms with Gasteiger partial charge in [0.1, 0.15) is 11.5 Å². The van der Waals surface area contributed by atoms with Crippen LogP contribution in [0.2, 0.25) is 10.0 Å². The Kier molecular flexibility index (Phi) is 5.61. The van der Waals surface area contributed by atoms with Crippen molar-refractivity contribution in [2.45, 2.75) is 13.5 Å². The zero-order valence-corrected chi connectivity index (χ0v) is 15.8. The normalized spacial score (nSPS) is 10.6. The van der Waals surface area contributed by atoms with Gasteiger partial charge in [0.25, 0.3) is 5.91 Å². The third-order valence-corrected chi connectivity index (χ3v) is 4.92. The molecular weight excluding hydrogens is 397 g/mol. The Labute approximate surface area is 163 Å². The highest BCUT2D eigenvalue weighted by atomic mass is 35.5. The zero-order valence-electron chi connectivity index (χ0n) is 13.5. The number of rotatable bonds is 5. The maximum Gasteiger partial charge on any atom is 0.259 e. The van der Waals surface area contributed by atoms with Crippen molar-refractivity contribution in [3.05, 3.63) is 57.1 Å². The fourth-order valence-corrected chi connectivity index (χ4v) is 3.19. The first-order valence-corrected chi connectivity index (χ1v) is 9.12. The summed E-state index contributed by atoms with van der Waals surface area (Å²) in [5, 5.41) is 8.01. The summed E-state index contributed by atoms with van der Waals surface area (Å²) in [5.41, 5.74) is 0.850. The molecule has 2 N–H and O–H groups in total. The Morgan fingerprint density at radius 2 is 2.04 bits per heavy atom. The molecule has 3 rings (SSSR count). The van der Waals surface area contributed by atoms with Gasteiger partial charge in [0.2, 0.25) is 5.91 Å². The van der Waals surface area contributed by atoms with Crippen LogP contribution in [0.4, 0.5) is 5.13 Å². The van der Waals surface area contributed by atoms with Crippen LogP contribution in [0.15, 0.2) is 40.1 Å². The van der Waals surface area contributed by atoms with Crippen LogP contribution in [0.5, 0.6) is 0 Å². The number of nitrogens with zero attached hydrogens (tertiary/aromatic N) is 1. The maximum absolute atomic E-state index is 12.3. The highest BCUT2D eigenvalue weighted by Crippen LogP contribution is 2.29. The summed E-state index contributed by atoms with van der Waals surface area (Å²) in [5.74, 6) is 0.618. The van der Waals surface area contributed by atoms with Crippen LogP contribution in [0, 0.1) is 0 Å². The third kappa shape index (κ3) is 4.24. The molecule has 0 radical (unpaired) electrons. The number of furan rings is 1. The van der Waals surface area contributed by atoms with Crippen molar-refractivity contribution in [1.82, 2.24) is 10.3 Å². The topological polar surface area (TPSA) is 84.2 Å². The maximum atomic E-state index is 12.3. The van der Waals surface area contributed by atoms with Gasteiger partial charge < -0.3 is 9.73 Å². The minimum Gasteiger partial charge on any atom is -0.458 e. The van der Waals surface area contributed by atoms with Crippen LogP contribution in [0.25, 0.3) is 11.5 Å². The lowest BCUT2D eigenvalue weighted by Gasteiger charge is -2.04. The van der Waals surface area contributed by atoms with Gasteiger partial charge in [-0.05, 0) is 24.3 Å². The highest BCUT2D eigenvalue weighted by molar-refractivity contribution is 7.14. The van der Waals surface area contributed by atoms with Gasteiger partial charge in [-0.3, -0.25) is 14.9 Å². The molecule has 0 spiro atoms. The number of aromatic nitrogens is 1. The lowest BCUT2D eigenvalue weighted by molar-refractivity contribution is -0.119. The summed E-state index contributed by atoms with van der Waals surface area (Å²) in [6.07, 6.45) is 0. The van der Waals surface area contributed by atoms with E-state index in [1.165, 1.54) is 18.3 Å². The van der Waals surface area contributed by atoms with Crippen molar-refractivity contribution in [3.8, 4) is 11.5 Å². The molecule has 0 saturated heterocycles. The molecule has 2 amide bonds. The predicted molar refractivity (Wildman–Crippen MR) is 102 cm³/mol. The van der Waals surface area contributed by atoms with Crippen LogP contribution in [0.3, 0.4) is 0 Å². The highest BCUT2D eigenvalue weighted by Gasteiger charge is 2.15. The average molecular weight is 410 g/mol. The van der Waals surface area contributed by atoms with Crippen molar-refractivity contribution in [3.63, 3.8) is 0 Å². The van der Waals surface area contributed by atoms with Gasteiger partial charge in [-0.1, -0.05) is 29.3 Å². The van der Waals surface area contributed by atoms with Gasteiger partial charge in [-0.15, -0.1) is 11.3 Å². The molecule has 0 aliphatic carbocycles. The molecule has 2 aromatic heterocycles. The van der Waals surface area contributed by atoms with Gasteiger partial charge in [-0.2, -0.15) is 0 Å². The Morgan fingerprint density at radius 1 is 1.23 bits per heavy atom. The minimum atomic E-state index is -0.399. The molecule has 134 valence electrons. The number of hydrogen-bond donors (Lipinski definition) is 2. The smallest absolute Gasteiger partial charge is 0.259 e. The molecule has 9 heteroatoms. The second-order valence-corrected chi connectivity index (χ2v) is 6.91. The fourth-order valence-electron chi connectivity index (χ4n) is 2.11.